The number of hydrogen-bond acceptors (Lipinski definition) is 2. The number of rotatable bonds is 19. The molecule has 27 heavy (non-hydrogen) atoms. The molecule has 0 aromatic heterocycles. The second-order valence-corrected chi connectivity index (χ2v) is 8.15. The number of amides is 1. The maximum Gasteiger partial charge on any atom is 0.221 e. The van der Waals surface area contributed by atoms with Gasteiger partial charge in [0.05, 0.1) is 6.17 Å². The first-order valence-corrected chi connectivity index (χ1v) is 11.6. The lowest BCUT2D eigenvalue weighted by atomic mass is 10.0. The average molecular weight is 450 g/mol. The fourth-order valence-corrected chi connectivity index (χ4v) is 3.51. The van der Waals surface area contributed by atoms with E-state index in [4.69, 9.17) is 0 Å². The van der Waals surface area contributed by atoms with Crippen molar-refractivity contribution in [2.75, 3.05) is 14.1 Å². The molecule has 0 aromatic rings. The van der Waals surface area contributed by atoms with Gasteiger partial charge < -0.3 is 5.32 Å². The van der Waals surface area contributed by atoms with E-state index >= 15 is 0 Å². The van der Waals surface area contributed by atoms with Gasteiger partial charge in [-0.15, -0.1) is 17.0 Å². The maximum atomic E-state index is 11.9. The number of nitrogens with one attached hydrogen (secondary N) is 1. The summed E-state index contributed by atoms with van der Waals surface area (Å²) in [6, 6.07) is 0. The van der Waals surface area contributed by atoms with Crippen molar-refractivity contribution in [3.8, 4) is 0 Å². The Hall–Kier alpha value is -0.0900. The van der Waals surface area contributed by atoms with Gasteiger partial charge >= 0.3 is 0 Å². The van der Waals surface area contributed by atoms with Crippen LogP contribution in [0, 0.1) is 0 Å². The number of hydrogen-bond donors (Lipinski definition) is 1. The van der Waals surface area contributed by atoms with E-state index in [0.717, 1.165) is 12.8 Å². The summed E-state index contributed by atoms with van der Waals surface area (Å²) in [5, 5.41) is 3.10. The van der Waals surface area contributed by atoms with Gasteiger partial charge in [0.2, 0.25) is 5.91 Å². The van der Waals surface area contributed by atoms with E-state index in [9.17, 15) is 4.79 Å². The summed E-state index contributed by atoms with van der Waals surface area (Å²) >= 11 is 0. The molecule has 0 aliphatic heterocycles. The van der Waals surface area contributed by atoms with Crippen LogP contribution in [-0.2, 0) is 4.79 Å². The van der Waals surface area contributed by atoms with Crippen molar-refractivity contribution >= 4 is 22.9 Å². The Bertz CT molecular complexity index is 311. The third kappa shape index (κ3) is 20.5. The summed E-state index contributed by atoms with van der Waals surface area (Å²) in [5.74, 6) is 0.209. The smallest absolute Gasteiger partial charge is 0.221 e. The quantitative estimate of drug-likeness (QED) is 0.166. The lowest BCUT2D eigenvalue weighted by Gasteiger charge is -2.23. The Morgan fingerprint density at radius 1 is 0.704 bits per heavy atom. The first kappa shape index (κ1) is 29.1. The van der Waals surface area contributed by atoms with Crippen LogP contribution in [0.4, 0.5) is 0 Å². The standard InChI is InChI=1S/C23H48N2O.BrH/c1-5-7-8-9-10-11-12-13-14-15-16-17-18-19-20-21-23(26)24-22(6-2)25(3)4;/h22H,5-21H2,1-4H3,(H,24,26);1H. The van der Waals surface area contributed by atoms with E-state index in [1.54, 1.807) is 0 Å². The van der Waals surface area contributed by atoms with Gasteiger partial charge in [0.1, 0.15) is 0 Å². The first-order valence-electron chi connectivity index (χ1n) is 11.6. The third-order valence-corrected chi connectivity index (χ3v) is 5.35. The molecule has 0 bridgehead atoms. The van der Waals surface area contributed by atoms with Crippen molar-refractivity contribution in [2.45, 2.75) is 129 Å². The SMILES string of the molecule is Br.CCCCCCCCCCCCCCCCCC(=O)NC(CC)N(C)C. The molecule has 4 heteroatoms. The van der Waals surface area contributed by atoms with Gasteiger partial charge in [-0.1, -0.05) is 104 Å². The monoisotopic (exact) mass is 448 g/mol. The minimum absolute atomic E-state index is 0. The minimum atomic E-state index is 0. The molecule has 0 saturated carbocycles. The molecule has 0 radical (unpaired) electrons. The van der Waals surface area contributed by atoms with Gasteiger partial charge in [0, 0.05) is 6.42 Å². The van der Waals surface area contributed by atoms with E-state index in [1.165, 1.54) is 89.9 Å². The van der Waals surface area contributed by atoms with E-state index < -0.39 is 0 Å². The number of halogens is 1. The summed E-state index contributed by atoms with van der Waals surface area (Å²) in [6.07, 6.45) is 22.3. The van der Waals surface area contributed by atoms with Crippen molar-refractivity contribution in [3.63, 3.8) is 0 Å². The minimum Gasteiger partial charge on any atom is -0.341 e. The van der Waals surface area contributed by atoms with Crippen molar-refractivity contribution in [1.29, 1.82) is 0 Å². The Balaban J connectivity index is 0. The second-order valence-electron chi connectivity index (χ2n) is 8.15. The van der Waals surface area contributed by atoms with E-state index in [0.29, 0.717) is 6.42 Å². The molecule has 1 amide bonds. The van der Waals surface area contributed by atoms with Gasteiger partial charge in [-0.2, -0.15) is 0 Å². The lowest BCUT2D eigenvalue weighted by molar-refractivity contribution is -0.123. The van der Waals surface area contributed by atoms with Crippen LogP contribution in [0.1, 0.15) is 123 Å². The highest BCUT2D eigenvalue weighted by atomic mass is 79.9. The Kier molecular flexibility index (Phi) is 23.9. The van der Waals surface area contributed by atoms with Gasteiger partial charge in [-0.25, -0.2) is 0 Å². The van der Waals surface area contributed by atoms with E-state index in [-0.39, 0.29) is 29.1 Å². The van der Waals surface area contributed by atoms with Gasteiger partial charge in [-0.05, 0) is 26.9 Å². The van der Waals surface area contributed by atoms with Gasteiger partial charge in [0.15, 0.2) is 0 Å². The molecule has 0 saturated heterocycles. The topological polar surface area (TPSA) is 32.3 Å². The molecule has 1 atom stereocenters. The van der Waals surface area contributed by atoms with Crippen LogP contribution in [0.5, 0.6) is 0 Å². The molecule has 0 heterocycles. The van der Waals surface area contributed by atoms with Crippen LogP contribution in [0.25, 0.3) is 0 Å². The molecule has 0 rings (SSSR count). The van der Waals surface area contributed by atoms with Crippen LogP contribution >= 0.6 is 17.0 Å². The molecule has 0 aromatic carbocycles. The Labute approximate surface area is 181 Å². The zero-order chi connectivity index (χ0) is 19.5. The molecule has 0 aliphatic rings. The number of carbonyl (C=O) groups excluding carboxylic acids is 1. The first-order chi connectivity index (χ1) is 12.6. The van der Waals surface area contributed by atoms with Crippen molar-refractivity contribution in [3.05, 3.63) is 0 Å². The highest BCUT2D eigenvalue weighted by molar-refractivity contribution is 8.93. The van der Waals surface area contributed by atoms with E-state index in [2.05, 4.69) is 24.1 Å². The number of carbonyl (C=O) groups is 1. The van der Waals surface area contributed by atoms with Crippen LogP contribution < -0.4 is 5.32 Å². The number of nitrogens with zero attached hydrogens (tertiary/aromatic N) is 1. The largest absolute Gasteiger partial charge is 0.341 e. The van der Waals surface area contributed by atoms with Gasteiger partial charge in [-0.3, -0.25) is 9.69 Å². The fraction of sp³-hybridized carbons (Fsp3) is 0.957. The zero-order valence-corrected chi connectivity index (χ0v) is 20.6. The van der Waals surface area contributed by atoms with Crippen LogP contribution in [0.3, 0.4) is 0 Å². The normalized spacial score (nSPS) is 12.0. The fourth-order valence-electron chi connectivity index (χ4n) is 3.51. The second kappa shape index (κ2) is 22.2. The van der Waals surface area contributed by atoms with Gasteiger partial charge in [0.25, 0.3) is 0 Å². The predicted octanol–water partition coefficient (Wildman–Crippen LogP) is 7.24. The summed E-state index contributed by atoms with van der Waals surface area (Å²) < 4.78 is 0. The summed E-state index contributed by atoms with van der Waals surface area (Å²) in [6.45, 7) is 4.39. The third-order valence-electron chi connectivity index (χ3n) is 5.35. The molecular weight excluding hydrogens is 400 g/mol. The molecule has 0 aliphatic carbocycles. The Morgan fingerprint density at radius 3 is 1.41 bits per heavy atom. The molecule has 0 fully saturated rings. The van der Waals surface area contributed by atoms with E-state index in [1.807, 2.05) is 14.1 Å². The lowest BCUT2D eigenvalue weighted by Crippen LogP contribution is -2.44. The zero-order valence-electron chi connectivity index (χ0n) is 18.9. The Morgan fingerprint density at radius 2 is 1.07 bits per heavy atom. The maximum absolute atomic E-state index is 11.9. The molecule has 1 N–H and O–H groups in total. The molecular formula is C23H49BrN2O. The molecule has 1 unspecified atom stereocenters. The van der Waals surface area contributed by atoms with Crippen molar-refractivity contribution < 1.29 is 4.79 Å². The summed E-state index contributed by atoms with van der Waals surface area (Å²) in [7, 11) is 4.03. The predicted molar refractivity (Wildman–Crippen MR) is 126 cm³/mol. The summed E-state index contributed by atoms with van der Waals surface area (Å²) in [5.41, 5.74) is 0. The summed E-state index contributed by atoms with van der Waals surface area (Å²) in [4.78, 5) is 14.0. The average Bonchev–Trinajstić information content (AvgIpc) is 2.62. The highest BCUT2D eigenvalue weighted by Gasteiger charge is 2.11. The highest BCUT2D eigenvalue weighted by Crippen LogP contribution is 2.13. The number of unbranched alkanes of at least 4 members (excludes halogenated alkanes) is 14. The molecule has 3 nitrogen and oxygen atoms in total. The van der Waals surface area contributed by atoms with Crippen LogP contribution in [0.2, 0.25) is 0 Å². The molecule has 164 valence electrons. The van der Waals surface area contributed by atoms with Crippen LogP contribution in [-0.4, -0.2) is 31.1 Å². The van der Waals surface area contributed by atoms with Crippen LogP contribution in [0.15, 0.2) is 0 Å². The van der Waals surface area contributed by atoms with Crippen molar-refractivity contribution in [1.82, 2.24) is 10.2 Å². The van der Waals surface area contributed by atoms with Crippen molar-refractivity contribution in [2.24, 2.45) is 0 Å². The molecule has 0 spiro atoms.